The number of hydrogen-bond acceptors (Lipinski definition) is 3. The van der Waals surface area contributed by atoms with E-state index in [4.69, 9.17) is 11.6 Å². The minimum Gasteiger partial charge on any atom is -0.352 e. The Hall–Kier alpha value is -2.93. The van der Waals surface area contributed by atoms with Gasteiger partial charge in [-0.25, -0.2) is 4.39 Å². The molecule has 2 aromatic carbocycles. The molecule has 2 aliphatic rings. The molecule has 2 fully saturated rings. The van der Waals surface area contributed by atoms with Gasteiger partial charge in [0, 0.05) is 35.3 Å². The average Bonchev–Trinajstić information content (AvgIpc) is 3.62. The third-order valence-corrected chi connectivity index (χ3v) is 6.24. The van der Waals surface area contributed by atoms with E-state index in [1.807, 2.05) is 0 Å². The molecule has 1 aliphatic carbocycles. The van der Waals surface area contributed by atoms with Gasteiger partial charge in [-0.1, -0.05) is 11.6 Å². The molecule has 1 heterocycles. The molecule has 6 nitrogen and oxygen atoms in total. The summed E-state index contributed by atoms with van der Waals surface area (Å²) in [5, 5.41) is 6.39. The number of rotatable bonds is 6. The second-order valence-corrected chi connectivity index (χ2v) is 8.81. The summed E-state index contributed by atoms with van der Waals surface area (Å²) in [6.45, 7) is 0.984. The van der Waals surface area contributed by atoms with E-state index in [0.717, 1.165) is 12.8 Å². The summed E-state index contributed by atoms with van der Waals surface area (Å²) in [5.74, 6) is -1.23. The monoisotopic (exact) mass is 457 g/mol. The molecule has 1 atom stereocenters. The number of benzene rings is 2. The summed E-state index contributed by atoms with van der Waals surface area (Å²) in [6, 6.07) is 11.5. The lowest BCUT2D eigenvalue weighted by Crippen LogP contribution is -2.54. The Morgan fingerprint density at radius 1 is 0.906 bits per heavy atom. The van der Waals surface area contributed by atoms with Gasteiger partial charge in [0.1, 0.15) is 11.9 Å². The molecule has 32 heavy (non-hydrogen) atoms. The average molecular weight is 458 g/mol. The summed E-state index contributed by atoms with van der Waals surface area (Å²) < 4.78 is 13.2. The lowest BCUT2D eigenvalue weighted by molar-refractivity contribution is -0.124. The molecule has 0 bridgehead atoms. The summed E-state index contributed by atoms with van der Waals surface area (Å²) >= 11 is 5.90. The van der Waals surface area contributed by atoms with E-state index in [1.54, 1.807) is 29.2 Å². The van der Waals surface area contributed by atoms with Crippen molar-refractivity contribution in [1.82, 2.24) is 15.5 Å². The zero-order valence-electron chi connectivity index (χ0n) is 17.5. The van der Waals surface area contributed by atoms with Crippen LogP contribution in [0.2, 0.25) is 5.02 Å². The first-order valence-electron chi connectivity index (χ1n) is 10.8. The number of halogens is 2. The number of likely N-dealkylation sites (tertiary alicyclic amines) is 1. The number of hydrogen-bond donors (Lipinski definition) is 2. The molecule has 1 unspecified atom stereocenters. The van der Waals surface area contributed by atoms with Crippen LogP contribution >= 0.6 is 11.6 Å². The minimum absolute atomic E-state index is 0.0746. The van der Waals surface area contributed by atoms with E-state index < -0.39 is 17.8 Å². The molecule has 3 amide bonds. The van der Waals surface area contributed by atoms with Crippen LogP contribution in [0.15, 0.2) is 48.5 Å². The summed E-state index contributed by atoms with van der Waals surface area (Å²) in [5.41, 5.74) is 0.867. The Morgan fingerprint density at radius 2 is 1.50 bits per heavy atom. The molecule has 168 valence electrons. The van der Waals surface area contributed by atoms with Gasteiger partial charge in [-0.3, -0.25) is 14.4 Å². The van der Waals surface area contributed by atoms with Crippen LogP contribution in [0.4, 0.5) is 4.39 Å². The number of piperidine rings is 1. The lowest BCUT2D eigenvalue weighted by Gasteiger charge is -2.36. The van der Waals surface area contributed by atoms with Gasteiger partial charge in [0.05, 0.1) is 0 Å². The molecule has 1 aliphatic heterocycles. The number of carbonyl (C=O) groups is 3. The van der Waals surface area contributed by atoms with Crippen molar-refractivity contribution in [3.05, 3.63) is 70.5 Å². The van der Waals surface area contributed by atoms with Gasteiger partial charge in [0.2, 0.25) is 5.91 Å². The lowest BCUT2D eigenvalue weighted by atomic mass is 9.88. The fraction of sp³-hybridized carbons (Fsp3) is 0.375. The summed E-state index contributed by atoms with van der Waals surface area (Å²) in [6.07, 6.45) is 3.06. The van der Waals surface area contributed by atoms with Crippen molar-refractivity contribution in [2.24, 2.45) is 5.92 Å². The van der Waals surface area contributed by atoms with E-state index in [9.17, 15) is 18.8 Å². The topological polar surface area (TPSA) is 78.5 Å². The number of nitrogens with zero attached hydrogens (tertiary/aromatic N) is 1. The Labute approximate surface area is 191 Å². The first-order chi connectivity index (χ1) is 15.4. The SMILES string of the molecule is O=C(NC(C(=O)NC1CC1)C1CCN(C(=O)c2ccc(Cl)cc2)CC1)c1ccc(F)cc1. The standard InChI is InChI=1S/C24H25ClFN3O3/c25-18-5-1-17(2-6-18)24(32)29-13-11-15(12-14-29)21(23(31)27-20-9-10-20)28-22(30)16-3-7-19(26)8-4-16/h1-8,15,20-21H,9-14H2,(H,27,31)(H,28,30). The molecule has 1 saturated carbocycles. The number of carbonyl (C=O) groups excluding carboxylic acids is 3. The maximum absolute atomic E-state index is 13.2. The highest BCUT2D eigenvalue weighted by atomic mass is 35.5. The van der Waals surface area contributed by atoms with Crippen LogP contribution in [0, 0.1) is 11.7 Å². The van der Waals surface area contributed by atoms with Crippen molar-refractivity contribution in [3.63, 3.8) is 0 Å². The van der Waals surface area contributed by atoms with Crippen molar-refractivity contribution < 1.29 is 18.8 Å². The largest absolute Gasteiger partial charge is 0.352 e. The molecule has 2 aromatic rings. The number of amides is 3. The van der Waals surface area contributed by atoms with Gasteiger partial charge in [-0.05, 0) is 80.1 Å². The molecule has 8 heteroatoms. The first kappa shape index (κ1) is 22.3. The van der Waals surface area contributed by atoms with Crippen molar-refractivity contribution in [2.45, 2.75) is 37.8 Å². The molecular weight excluding hydrogens is 433 g/mol. The van der Waals surface area contributed by atoms with Gasteiger partial charge in [0.25, 0.3) is 11.8 Å². The molecule has 0 aromatic heterocycles. The second-order valence-electron chi connectivity index (χ2n) is 8.38. The smallest absolute Gasteiger partial charge is 0.253 e. The van der Waals surface area contributed by atoms with Crippen molar-refractivity contribution in [3.8, 4) is 0 Å². The van der Waals surface area contributed by atoms with Gasteiger partial charge >= 0.3 is 0 Å². The van der Waals surface area contributed by atoms with Crippen molar-refractivity contribution >= 4 is 29.3 Å². The predicted molar refractivity (Wildman–Crippen MR) is 119 cm³/mol. The van der Waals surface area contributed by atoms with E-state index in [-0.39, 0.29) is 23.8 Å². The molecular formula is C24H25ClFN3O3. The van der Waals surface area contributed by atoms with E-state index in [2.05, 4.69) is 10.6 Å². The number of nitrogens with one attached hydrogen (secondary N) is 2. The summed E-state index contributed by atoms with van der Waals surface area (Å²) in [7, 11) is 0. The zero-order valence-corrected chi connectivity index (χ0v) is 18.3. The Balaban J connectivity index is 1.41. The third kappa shape index (κ3) is 5.46. The highest BCUT2D eigenvalue weighted by Crippen LogP contribution is 2.25. The fourth-order valence-corrected chi connectivity index (χ4v) is 4.08. The normalized spacial score (nSPS) is 17.5. The molecule has 0 radical (unpaired) electrons. The van der Waals surface area contributed by atoms with Crippen LogP contribution in [-0.2, 0) is 4.79 Å². The maximum atomic E-state index is 13.2. The highest BCUT2D eigenvalue weighted by Gasteiger charge is 2.36. The van der Waals surface area contributed by atoms with Gasteiger partial charge in [-0.15, -0.1) is 0 Å². The third-order valence-electron chi connectivity index (χ3n) is 5.99. The fourth-order valence-electron chi connectivity index (χ4n) is 3.95. The first-order valence-corrected chi connectivity index (χ1v) is 11.2. The Kier molecular flexibility index (Phi) is 6.74. The van der Waals surface area contributed by atoms with Crippen LogP contribution < -0.4 is 10.6 Å². The maximum Gasteiger partial charge on any atom is 0.253 e. The van der Waals surface area contributed by atoms with Gasteiger partial charge in [-0.2, -0.15) is 0 Å². The second kappa shape index (κ2) is 9.69. The van der Waals surface area contributed by atoms with Crippen molar-refractivity contribution in [2.75, 3.05) is 13.1 Å². The minimum atomic E-state index is -0.707. The molecule has 1 saturated heterocycles. The van der Waals surface area contributed by atoms with Crippen LogP contribution in [0.5, 0.6) is 0 Å². The van der Waals surface area contributed by atoms with E-state index >= 15 is 0 Å². The van der Waals surface area contributed by atoms with E-state index in [0.29, 0.717) is 42.1 Å². The summed E-state index contributed by atoms with van der Waals surface area (Å²) in [4.78, 5) is 40.1. The zero-order chi connectivity index (χ0) is 22.7. The quantitative estimate of drug-likeness (QED) is 0.697. The van der Waals surface area contributed by atoms with Crippen LogP contribution in [-0.4, -0.2) is 47.8 Å². The molecule has 4 rings (SSSR count). The van der Waals surface area contributed by atoms with Gasteiger partial charge in [0.15, 0.2) is 0 Å². The molecule has 0 spiro atoms. The Morgan fingerprint density at radius 3 is 2.09 bits per heavy atom. The van der Waals surface area contributed by atoms with Crippen LogP contribution in [0.25, 0.3) is 0 Å². The highest BCUT2D eigenvalue weighted by molar-refractivity contribution is 6.30. The van der Waals surface area contributed by atoms with Gasteiger partial charge < -0.3 is 15.5 Å². The van der Waals surface area contributed by atoms with E-state index in [1.165, 1.54) is 24.3 Å². The Bertz CT molecular complexity index is 985. The van der Waals surface area contributed by atoms with Crippen LogP contribution in [0.3, 0.4) is 0 Å². The molecule has 2 N–H and O–H groups in total. The predicted octanol–water partition coefficient (Wildman–Crippen LogP) is 3.41. The van der Waals surface area contributed by atoms with Crippen LogP contribution in [0.1, 0.15) is 46.4 Å². The van der Waals surface area contributed by atoms with Crippen molar-refractivity contribution in [1.29, 1.82) is 0 Å².